The largest absolute Gasteiger partial charge is 0.338 e. The number of aryl methyl sites for hydroxylation is 1. The lowest BCUT2D eigenvalue weighted by Crippen LogP contribution is -2.31. The topological polar surface area (TPSA) is 57.7 Å². The van der Waals surface area contributed by atoms with Crippen molar-refractivity contribution in [2.24, 2.45) is 0 Å². The summed E-state index contributed by atoms with van der Waals surface area (Å²) in [5.74, 6) is 1.02. The van der Waals surface area contributed by atoms with E-state index in [0.29, 0.717) is 0 Å². The molecule has 0 atom stereocenters. The van der Waals surface area contributed by atoms with E-state index in [1.54, 1.807) is 11.8 Å². The second kappa shape index (κ2) is 6.45. The summed E-state index contributed by atoms with van der Waals surface area (Å²) in [6.45, 7) is 5.67. The minimum absolute atomic E-state index is 0. The zero-order valence-corrected chi connectivity index (χ0v) is 14.2. The van der Waals surface area contributed by atoms with Crippen LogP contribution in [0.2, 0.25) is 0 Å². The number of hydrogen-bond donors (Lipinski definition) is 1. The van der Waals surface area contributed by atoms with E-state index in [-0.39, 0.29) is 1.43 Å². The summed E-state index contributed by atoms with van der Waals surface area (Å²) in [4.78, 5) is 10.5. The number of benzene rings is 1. The van der Waals surface area contributed by atoms with Crippen molar-refractivity contribution in [3.05, 3.63) is 23.8 Å². The number of thioether (sulfide) groups is 1. The summed E-state index contributed by atoms with van der Waals surface area (Å²) in [6, 6.07) is 6.31. The van der Waals surface area contributed by atoms with Gasteiger partial charge in [-0.15, -0.1) is 10.2 Å². The fourth-order valence-electron chi connectivity index (χ4n) is 3.18. The lowest BCUT2D eigenvalue weighted by Gasteiger charge is -2.25. The van der Waals surface area contributed by atoms with Crippen LogP contribution in [0.5, 0.6) is 0 Å². The molecule has 0 bridgehead atoms. The third kappa shape index (κ3) is 3.19. The standard InChI is InChI=1S/C17H21N5S.H2/c1-12-5-6-14-13(11-12)15-16(18-14)19-17(21-20-15)23-10-9-22-7-3-2-4-8-22;/h5-6,11H,2-4,7-10H2,1H3,(H,18,19,21);1H. The van der Waals surface area contributed by atoms with Gasteiger partial charge in [-0.25, -0.2) is 4.98 Å². The summed E-state index contributed by atoms with van der Waals surface area (Å²) in [7, 11) is 0. The molecule has 5 nitrogen and oxygen atoms in total. The molecule has 3 heterocycles. The monoisotopic (exact) mass is 329 g/mol. The highest BCUT2D eigenvalue weighted by molar-refractivity contribution is 7.99. The van der Waals surface area contributed by atoms with Gasteiger partial charge in [-0.05, 0) is 45.0 Å². The van der Waals surface area contributed by atoms with Crippen LogP contribution in [0.25, 0.3) is 22.1 Å². The van der Waals surface area contributed by atoms with Crippen molar-refractivity contribution in [2.45, 2.75) is 31.3 Å². The van der Waals surface area contributed by atoms with E-state index >= 15 is 0 Å². The number of aromatic nitrogens is 4. The van der Waals surface area contributed by atoms with Crippen molar-refractivity contribution < 1.29 is 1.43 Å². The number of nitrogens with one attached hydrogen (secondary N) is 1. The van der Waals surface area contributed by atoms with Crippen molar-refractivity contribution >= 4 is 33.8 Å². The van der Waals surface area contributed by atoms with E-state index < -0.39 is 0 Å². The fraction of sp³-hybridized carbons (Fsp3) is 0.471. The molecule has 3 aromatic rings. The van der Waals surface area contributed by atoms with Crippen LogP contribution >= 0.6 is 11.8 Å². The summed E-state index contributed by atoms with van der Waals surface area (Å²) >= 11 is 1.70. The summed E-state index contributed by atoms with van der Waals surface area (Å²) in [6.07, 6.45) is 4.06. The van der Waals surface area contributed by atoms with Crippen molar-refractivity contribution in [2.75, 3.05) is 25.4 Å². The molecule has 0 amide bonds. The molecule has 1 aromatic carbocycles. The van der Waals surface area contributed by atoms with Gasteiger partial charge in [-0.1, -0.05) is 29.8 Å². The Hall–Kier alpha value is -1.66. The van der Waals surface area contributed by atoms with Crippen LogP contribution in [-0.4, -0.2) is 50.5 Å². The lowest BCUT2D eigenvalue weighted by molar-refractivity contribution is 0.242. The van der Waals surface area contributed by atoms with Crippen molar-refractivity contribution in [3.63, 3.8) is 0 Å². The highest BCUT2D eigenvalue weighted by atomic mass is 32.2. The first-order chi connectivity index (χ1) is 11.3. The number of nitrogens with zero attached hydrogens (tertiary/aromatic N) is 4. The Morgan fingerprint density at radius 3 is 2.96 bits per heavy atom. The number of H-pyrrole nitrogens is 1. The zero-order chi connectivity index (χ0) is 15.6. The molecule has 1 aliphatic heterocycles. The Bertz CT molecular complexity index is 828. The van der Waals surface area contributed by atoms with E-state index in [9.17, 15) is 0 Å². The van der Waals surface area contributed by atoms with Crippen molar-refractivity contribution in [1.29, 1.82) is 0 Å². The van der Waals surface area contributed by atoms with Gasteiger partial charge >= 0.3 is 0 Å². The van der Waals surface area contributed by atoms with E-state index in [0.717, 1.165) is 39.5 Å². The summed E-state index contributed by atoms with van der Waals surface area (Å²) in [5.41, 5.74) is 3.99. The maximum Gasteiger partial charge on any atom is 0.211 e. The van der Waals surface area contributed by atoms with Crippen LogP contribution in [0.1, 0.15) is 26.3 Å². The quantitative estimate of drug-likeness (QED) is 0.741. The highest BCUT2D eigenvalue weighted by Crippen LogP contribution is 2.24. The minimum Gasteiger partial charge on any atom is -0.338 e. The maximum absolute atomic E-state index is 4.64. The van der Waals surface area contributed by atoms with Gasteiger partial charge in [0.2, 0.25) is 5.16 Å². The van der Waals surface area contributed by atoms with Gasteiger partial charge in [0, 0.05) is 24.6 Å². The van der Waals surface area contributed by atoms with E-state index in [1.165, 1.54) is 37.9 Å². The molecule has 1 N–H and O–H groups in total. The number of rotatable bonds is 4. The molecule has 1 fully saturated rings. The zero-order valence-electron chi connectivity index (χ0n) is 13.4. The van der Waals surface area contributed by atoms with E-state index in [1.807, 2.05) is 0 Å². The molecular formula is C17H23N5S. The number of fused-ring (bicyclic) bond motifs is 3. The molecule has 0 unspecified atom stereocenters. The Balaban J connectivity index is 0.00000169. The van der Waals surface area contributed by atoms with Gasteiger partial charge in [0.1, 0.15) is 5.52 Å². The predicted octanol–water partition coefficient (Wildman–Crippen LogP) is 3.64. The lowest BCUT2D eigenvalue weighted by atomic mass is 10.1. The molecule has 2 aromatic heterocycles. The second-order valence-corrected chi connectivity index (χ2v) is 7.28. The molecule has 23 heavy (non-hydrogen) atoms. The molecule has 0 saturated carbocycles. The third-order valence-corrected chi connectivity index (χ3v) is 5.26. The van der Waals surface area contributed by atoms with Crippen LogP contribution < -0.4 is 0 Å². The number of aromatic amines is 1. The number of hydrogen-bond acceptors (Lipinski definition) is 5. The Morgan fingerprint density at radius 1 is 1.22 bits per heavy atom. The van der Waals surface area contributed by atoms with Crippen LogP contribution in [-0.2, 0) is 0 Å². The average molecular weight is 329 g/mol. The third-order valence-electron chi connectivity index (χ3n) is 4.44. The minimum atomic E-state index is 0. The SMILES string of the molecule is Cc1ccc2[nH]c3nc(SCCN4CCCCC4)nnc3c2c1.[HH]. The fourth-order valence-corrected chi connectivity index (χ4v) is 3.97. The smallest absolute Gasteiger partial charge is 0.211 e. The second-order valence-electron chi connectivity index (χ2n) is 6.22. The average Bonchev–Trinajstić information content (AvgIpc) is 2.93. The van der Waals surface area contributed by atoms with Gasteiger partial charge < -0.3 is 9.88 Å². The van der Waals surface area contributed by atoms with Gasteiger partial charge in [0.25, 0.3) is 0 Å². The van der Waals surface area contributed by atoms with Gasteiger partial charge in [0.15, 0.2) is 5.65 Å². The summed E-state index contributed by atoms with van der Waals surface area (Å²) < 4.78 is 0. The Labute approximate surface area is 141 Å². The first-order valence-corrected chi connectivity index (χ1v) is 9.26. The Kier molecular flexibility index (Phi) is 4.18. The van der Waals surface area contributed by atoms with Gasteiger partial charge in [-0.3, -0.25) is 0 Å². The van der Waals surface area contributed by atoms with Gasteiger partial charge in [-0.2, -0.15) is 0 Å². The number of piperidine rings is 1. The van der Waals surface area contributed by atoms with Crippen molar-refractivity contribution in [3.8, 4) is 0 Å². The first-order valence-electron chi connectivity index (χ1n) is 8.27. The molecule has 122 valence electrons. The van der Waals surface area contributed by atoms with Crippen molar-refractivity contribution in [1.82, 2.24) is 25.1 Å². The molecule has 0 radical (unpaired) electrons. The van der Waals surface area contributed by atoms with E-state index in [4.69, 9.17) is 0 Å². The molecule has 4 rings (SSSR count). The number of likely N-dealkylation sites (tertiary alicyclic amines) is 1. The van der Waals surface area contributed by atoms with Gasteiger partial charge in [0.05, 0.1) is 0 Å². The molecule has 0 spiro atoms. The molecule has 0 aliphatic carbocycles. The van der Waals surface area contributed by atoms with Crippen LogP contribution in [0, 0.1) is 6.92 Å². The van der Waals surface area contributed by atoms with Crippen LogP contribution in [0.15, 0.2) is 23.4 Å². The first kappa shape index (κ1) is 14.9. The van der Waals surface area contributed by atoms with Crippen LogP contribution in [0.4, 0.5) is 0 Å². The molecular weight excluding hydrogens is 306 g/mol. The molecule has 1 aliphatic rings. The predicted molar refractivity (Wildman–Crippen MR) is 97.1 cm³/mol. The van der Waals surface area contributed by atoms with Crippen LogP contribution in [0.3, 0.4) is 0 Å². The maximum atomic E-state index is 4.64. The highest BCUT2D eigenvalue weighted by Gasteiger charge is 2.12. The Morgan fingerprint density at radius 2 is 2.09 bits per heavy atom. The summed E-state index contributed by atoms with van der Waals surface area (Å²) in [5, 5.41) is 10.6. The molecule has 1 saturated heterocycles. The normalized spacial score (nSPS) is 16.4. The molecule has 6 heteroatoms. The van der Waals surface area contributed by atoms with E-state index in [2.05, 4.69) is 50.2 Å².